The maximum atomic E-state index is 12.6. The van der Waals surface area contributed by atoms with Gasteiger partial charge in [0.25, 0.3) is 5.91 Å². The van der Waals surface area contributed by atoms with Crippen LogP contribution in [0.15, 0.2) is 48.5 Å². The normalized spacial score (nSPS) is 10.7. The monoisotopic (exact) mass is 483 g/mol. The molecule has 0 aliphatic rings. The second kappa shape index (κ2) is 11.5. The third kappa shape index (κ3) is 6.02. The largest absolute Gasteiger partial charge is 0.478 e. The summed E-state index contributed by atoms with van der Waals surface area (Å²) in [5, 5.41) is 12.4. The standard InChI is InChI=1S/C25H26ClN3O5/c1-3-4-9-21-28-20(14-22(30)34-2)23(26)29(21)15-16-10-12-17(13-11-16)27-24(31)18-7-5-6-8-19(18)25(32)33/h5-8,10-13H,3-4,9,14-15H2,1-2H3,(H,27,31)(H,32,33). The second-order valence-corrected chi connectivity index (χ2v) is 8.07. The van der Waals surface area contributed by atoms with Gasteiger partial charge in [0.1, 0.15) is 11.0 Å². The predicted octanol–water partition coefficient (Wildman–Crippen LogP) is 4.59. The molecule has 0 unspecified atom stereocenters. The highest BCUT2D eigenvalue weighted by Gasteiger charge is 2.19. The summed E-state index contributed by atoms with van der Waals surface area (Å²) in [5.41, 5.74) is 1.96. The van der Waals surface area contributed by atoms with Crippen LogP contribution in [0.25, 0.3) is 0 Å². The third-order valence-electron chi connectivity index (χ3n) is 5.30. The fraction of sp³-hybridized carbons (Fsp3) is 0.280. The maximum Gasteiger partial charge on any atom is 0.336 e. The zero-order valence-corrected chi connectivity index (χ0v) is 19.8. The molecule has 34 heavy (non-hydrogen) atoms. The molecule has 1 heterocycles. The molecule has 178 valence electrons. The van der Waals surface area contributed by atoms with Gasteiger partial charge in [-0.2, -0.15) is 0 Å². The number of rotatable bonds is 10. The molecule has 2 aromatic carbocycles. The number of anilines is 1. The molecule has 0 saturated heterocycles. The van der Waals surface area contributed by atoms with E-state index in [9.17, 15) is 19.5 Å². The summed E-state index contributed by atoms with van der Waals surface area (Å²) in [6.07, 6.45) is 2.67. The summed E-state index contributed by atoms with van der Waals surface area (Å²) in [7, 11) is 1.33. The molecule has 0 fully saturated rings. The summed E-state index contributed by atoms with van der Waals surface area (Å²) in [5.74, 6) is -1.27. The Balaban J connectivity index is 1.77. The van der Waals surface area contributed by atoms with E-state index in [1.807, 2.05) is 16.7 Å². The molecular formula is C25H26ClN3O5. The Hall–Kier alpha value is -3.65. The minimum Gasteiger partial charge on any atom is -0.478 e. The van der Waals surface area contributed by atoms with Crippen molar-refractivity contribution < 1.29 is 24.2 Å². The predicted molar refractivity (Wildman–Crippen MR) is 128 cm³/mol. The first-order chi connectivity index (χ1) is 16.3. The number of nitrogens with zero attached hydrogens (tertiary/aromatic N) is 2. The molecule has 0 atom stereocenters. The van der Waals surface area contributed by atoms with Gasteiger partial charge < -0.3 is 19.7 Å². The number of carboxylic acid groups (broad SMARTS) is 1. The highest BCUT2D eigenvalue weighted by Crippen LogP contribution is 2.23. The average Bonchev–Trinajstić information content (AvgIpc) is 3.12. The number of aryl methyl sites for hydroxylation is 1. The lowest BCUT2D eigenvalue weighted by atomic mass is 10.1. The average molecular weight is 484 g/mol. The molecule has 1 aromatic heterocycles. The molecule has 1 amide bonds. The molecular weight excluding hydrogens is 458 g/mol. The Morgan fingerprint density at radius 1 is 1.09 bits per heavy atom. The quantitative estimate of drug-likeness (QED) is 0.408. The molecule has 0 spiro atoms. The van der Waals surface area contributed by atoms with E-state index in [-0.39, 0.29) is 17.5 Å². The van der Waals surface area contributed by atoms with Gasteiger partial charge in [0, 0.05) is 12.1 Å². The molecule has 0 aliphatic heterocycles. The Bertz CT molecular complexity index is 1190. The van der Waals surface area contributed by atoms with Gasteiger partial charge in [-0.15, -0.1) is 0 Å². The van der Waals surface area contributed by atoms with Gasteiger partial charge in [-0.05, 0) is 36.2 Å². The van der Waals surface area contributed by atoms with Crippen LogP contribution < -0.4 is 5.32 Å². The number of nitrogens with one attached hydrogen (secondary N) is 1. The van der Waals surface area contributed by atoms with Crippen LogP contribution in [-0.2, 0) is 28.9 Å². The molecule has 2 N–H and O–H groups in total. The van der Waals surface area contributed by atoms with Crippen molar-refractivity contribution in [3.05, 3.63) is 81.9 Å². The van der Waals surface area contributed by atoms with Crippen LogP contribution in [0.4, 0.5) is 5.69 Å². The number of methoxy groups -OCH3 is 1. The fourth-order valence-corrected chi connectivity index (χ4v) is 3.75. The van der Waals surface area contributed by atoms with E-state index >= 15 is 0 Å². The lowest BCUT2D eigenvalue weighted by molar-refractivity contribution is -0.139. The number of ether oxygens (including phenoxy) is 1. The molecule has 0 saturated carbocycles. The molecule has 0 aliphatic carbocycles. The van der Waals surface area contributed by atoms with Crippen LogP contribution in [-0.4, -0.2) is 39.6 Å². The molecule has 9 heteroatoms. The van der Waals surface area contributed by atoms with Gasteiger partial charge in [0.2, 0.25) is 0 Å². The number of carboxylic acids is 1. The van der Waals surface area contributed by atoms with Crippen molar-refractivity contribution in [3.8, 4) is 0 Å². The number of hydrogen-bond acceptors (Lipinski definition) is 5. The number of hydrogen-bond donors (Lipinski definition) is 2. The van der Waals surface area contributed by atoms with Gasteiger partial charge >= 0.3 is 11.9 Å². The highest BCUT2D eigenvalue weighted by atomic mass is 35.5. The lowest BCUT2D eigenvalue weighted by Gasteiger charge is -2.11. The molecule has 0 bridgehead atoms. The first kappa shape index (κ1) is 25.0. The number of imidazole rings is 1. The third-order valence-corrected chi connectivity index (χ3v) is 5.72. The zero-order valence-electron chi connectivity index (χ0n) is 19.0. The number of aromatic carboxylic acids is 1. The topological polar surface area (TPSA) is 111 Å². The molecule has 0 radical (unpaired) electrons. The Morgan fingerprint density at radius 2 is 1.76 bits per heavy atom. The Kier molecular flexibility index (Phi) is 8.43. The van der Waals surface area contributed by atoms with Crippen molar-refractivity contribution in [2.75, 3.05) is 12.4 Å². The van der Waals surface area contributed by atoms with Crippen LogP contribution in [0.3, 0.4) is 0 Å². The van der Waals surface area contributed by atoms with E-state index in [0.29, 0.717) is 23.1 Å². The van der Waals surface area contributed by atoms with E-state index < -0.39 is 17.8 Å². The summed E-state index contributed by atoms with van der Waals surface area (Å²) in [4.78, 5) is 40.2. The smallest absolute Gasteiger partial charge is 0.336 e. The van der Waals surface area contributed by atoms with Crippen molar-refractivity contribution in [2.45, 2.75) is 39.2 Å². The van der Waals surface area contributed by atoms with Crippen LogP contribution in [0, 0.1) is 0 Å². The lowest BCUT2D eigenvalue weighted by Crippen LogP contribution is -2.16. The second-order valence-electron chi connectivity index (χ2n) is 7.71. The molecule has 3 rings (SSSR count). The number of halogens is 1. The first-order valence-electron chi connectivity index (χ1n) is 10.9. The number of unbranched alkanes of at least 4 members (excludes halogenated alkanes) is 1. The summed E-state index contributed by atoms with van der Waals surface area (Å²) < 4.78 is 6.62. The van der Waals surface area contributed by atoms with Crippen molar-refractivity contribution in [3.63, 3.8) is 0 Å². The van der Waals surface area contributed by atoms with Gasteiger partial charge in [-0.3, -0.25) is 9.59 Å². The van der Waals surface area contributed by atoms with Gasteiger partial charge in [-0.1, -0.05) is 49.2 Å². The van der Waals surface area contributed by atoms with Crippen LogP contribution in [0.5, 0.6) is 0 Å². The Morgan fingerprint density at radius 3 is 2.38 bits per heavy atom. The SMILES string of the molecule is CCCCc1nc(CC(=O)OC)c(Cl)n1Cc1ccc(NC(=O)c2ccccc2C(=O)O)cc1. The van der Waals surface area contributed by atoms with E-state index in [1.165, 1.54) is 19.2 Å². The van der Waals surface area contributed by atoms with E-state index in [2.05, 4.69) is 17.2 Å². The van der Waals surface area contributed by atoms with Gasteiger partial charge in [0.05, 0.1) is 36.9 Å². The number of benzene rings is 2. The van der Waals surface area contributed by atoms with Crippen LogP contribution >= 0.6 is 11.6 Å². The minimum absolute atomic E-state index is 0.00421. The summed E-state index contributed by atoms with van der Waals surface area (Å²) in [6, 6.07) is 13.2. The first-order valence-corrected chi connectivity index (χ1v) is 11.2. The maximum absolute atomic E-state index is 12.6. The highest BCUT2D eigenvalue weighted by molar-refractivity contribution is 6.30. The summed E-state index contributed by atoms with van der Waals surface area (Å²) >= 11 is 6.56. The number of esters is 1. The van der Waals surface area contributed by atoms with E-state index in [1.54, 1.807) is 24.3 Å². The fourth-order valence-electron chi connectivity index (χ4n) is 3.48. The Labute approximate surface area is 202 Å². The van der Waals surface area contributed by atoms with Crippen molar-refractivity contribution >= 4 is 35.1 Å². The minimum atomic E-state index is -1.16. The van der Waals surface area contributed by atoms with Gasteiger partial charge in [0.15, 0.2) is 0 Å². The molecule has 8 nitrogen and oxygen atoms in total. The number of carbonyl (C=O) groups excluding carboxylic acids is 2. The van der Waals surface area contributed by atoms with Crippen molar-refractivity contribution in [1.82, 2.24) is 9.55 Å². The van der Waals surface area contributed by atoms with Gasteiger partial charge in [-0.25, -0.2) is 9.78 Å². The number of amides is 1. The zero-order chi connectivity index (χ0) is 24.7. The van der Waals surface area contributed by atoms with Crippen LogP contribution in [0.1, 0.15) is 57.6 Å². The number of aromatic nitrogens is 2. The summed E-state index contributed by atoms with van der Waals surface area (Å²) in [6.45, 7) is 2.54. The number of carbonyl (C=O) groups is 3. The van der Waals surface area contributed by atoms with Crippen molar-refractivity contribution in [2.24, 2.45) is 0 Å². The van der Waals surface area contributed by atoms with E-state index in [0.717, 1.165) is 30.7 Å². The van der Waals surface area contributed by atoms with E-state index in [4.69, 9.17) is 16.3 Å². The van der Waals surface area contributed by atoms with Crippen LogP contribution in [0.2, 0.25) is 5.15 Å². The molecule has 3 aromatic rings. The van der Waals surface area contributed by atoms with Crippen molar-refractivity contribution in [1.29, 1.82) is 0 Å².